The highest BCUT2D eigenvalue weighted by Gasteiger charge is 2.61. The van der Waals surface area contributed by atoms with Gasteiger partial charge in [-0.15, -0.1) is 0 Å². The molecule has 27 heavy (non-hydrogen) atoms. The molecule has 8 heteroatoms. The summed E-state index contributed by atoms with van der Waals surface area (Å²) < 4.78 is 15.5. The van der Waals surface area contributed by atoms with Gasteiger partial charge in [0.1, 0.15) is 19.3 Å². The third-order valence-electron chi connectivity index (χ3n) is 5.98. The number of ether oxygens (including phenoxy) is 3. The van der Waals surface area contributed by atoms with Gasteiger partial charge in [0.25, 0.3) is 0 Å². The summed E-state index contributed by atoms with van der Waals surface area (Å²) in [7, 11) is 0. The molecule has 1 amide bonds. The van der Waals surface area contributed by atoms with Crippen LogP contribution in [0.15, 0.2) is 0 Å². The molecule has 2 saturated carbocycles. The van der Waals surface area contributed by atoms with E-state index in [1.807, 2.05) is 6.92 Å². The molecule has 1 heterocycles. The normalized spacial score (nSPS) is 31.3. The number of hydrogen-bond acceptors (Lipinski definition) is 7. The van der Waals surface area contributed by atoms with E-state index >= 15 is 0 Å². The van der Waals surface area contributed by atoms with Crippen molar-refractivity contribution in [2.75, 3.05) is 13.2 Å². The molecule has 2 aliphatic carbocycles. The van der Waals surface area contributed by atoms with Crippen LogP contribution >= 0.6 is 0 Å². The molecule has 6 unspecified atom stereocenters. The Kier molecular flexibility index (Phi) is 6.01. The van der Waals surface area contributed by atoms with Crippen molar-refractivity contribution in [3.63, 3.8) is 0 Å². The first-order valence-corrected chi connectivity index (χ1v) is 9.72. The summed E-state index contributed by atoms with van der Waals surface area (Å²) in [4.78, 5) is 47.0. The SMILES string of the molecule is CCC(C)C(=O)OCCOC(=O)CCC(=O)OC1C2CC3C(=O)NC1C3C2. The second-order valence-electron chi connectivity index (χ2n) is 7.69. The summed E-state index contributed by atoms with van der Waals surface area (Å²) >= 11 is 0. The Hall–Kier alpha value is -2.12. The lowest BCUT2D eigenvalue weighted by Gasteiger charge is -2.26. The molecule has 0 aromatic heterocycles. The van der Waals surface area contributed by atoms with Gasteiger partial charge in [0, 0.05) is 5.92 Å². The lowest BCUT2D eigenvalue weighted by molar-refractivity contribution is -0.158. The van der Waals surface area contributed by atoms with E-state index in [-0.39, 0.29) is 73.7 Å². The van der Waals surface area contributed by atoms with Crippen LogP contribution < -0.4 is 5.32 Å². The van der Waals surface area contributed by atoms with E-state index in [9.17, 15) is 19.2 Å². The highest BCUT2D eigenvalue weighted by Crippen LogP contribution is 2.53. The molecule has 1 saturated heterocycles. The van der Waals surface area contributed by atoms with Crippen molar-refractivity contribution in [2.24, 2.45) is 23.7 Å². The standard InChI is InChI=1S/C19H27NO7/c1-3-10(2)19(24)26-7-6-25-14(21)4-5-15(22)27-17-11-8-12-13(9-11)18(23)20-16(12)17/h10-13,16-17H,3-9H2,1-2H3,(H,20,23). The molecule has 0 radical (unpaired) electrons. The Bertz CT molecular complexity index is 619. The molecule has 6 atom stereocenters. The zero-order chi connectivity index (χ0) is 19.6. The number of hydrogen-bond donors (Lipinski definition) is 1. The average Bonchev–Trinajstić information content (AvgIpc) is 3.27. The number of rotatable bonds is 9. The molecular formula is C19H27NO7. The van der Waals surface area contributed by atoms with E-state index in [0.717, 1.165) is 12.8 Å². The van der Waals surface area contributed by atoms with Crippen LogP contribution in [0.1, 0.15) is 46.0 Å². The summed E-state index contributed by atoms with van der Waals surface area (Å²) in [5, 5.41) is 2.93. The lowest BCUT2D eigenvalue weighted by Crippen LogP contribution is -2.41. The summed E-state index contributed by atoms with van der Waals surface area (Å²) in [5.74, 6) is -0.809. The van der Waals surface area contributed by atoms with Gasteiger partial charge in [0.2, 0.25) is 5.91 Å². The maximum atomic E-state index is 12.1. The molecule has 2 bridgehead atoms. The van der Waals surface area contributed by atoms with Gasteiger partial charge in [-0.3, -0.25) is 19.2 Å². The summed E-state index contributed by atoms with van der Waals surface area (Å²) in [6.07, 6.45) is 1.96. The first-order chi connectivity index (χ1) is 12.9. The van der Waals surface area contributed by atoms with Gasteiger partial charge in [-0.2, -0.15) is 0 Å². The quantitative estimate of drug-likeness (QED) is 0.360. The van der Waals surface area contributed by atoms with E-state index in [0.29, 0.717) is 6.42 Å². The van der Waals surface area contributed by atoms with Gasteiger partial charge >= 0.3 is 17.9 Å². The molecule has 0 spiro atoms. The Morgan fingerprint density at radius 3 is 2.56 bits per heavy atom. The van der Waals surface area contributed by atoms with Gasteiger partial charge in [0.15, 0.2) is 0 Å². The first kappa shape index (κ1) is 19.6. The van der Waals surface area contributed by atoms with E-state index in [1.54, 1.807) is 6.92 Å². The van der Waals surface area contributed by atoms with Crippen LogP contribution in [0.4, 0.5) is 0 Å². The fraction of sp³-hybridized carbons (Fsp3) is 0.789. The molecule has 3 aliphatic rings. The second-order valence-corrected chi connectivity index (χ2v) is 7.69. The molecule has 1 aliphatic heterocycles. The van der Waals surface area contributed by atoms with E-state index in [2.05, 4.69) is 5.32 Å². The molecule has 1 N–H and O–H groups in total. The Balaban J connectivity index is 1.30. The van der Waals surface area contributed by atoms with Crippen molar-refractivity contribution >= 4 is 23.8 Å². The smallest absolute Gasteiger partial charge is 0.308 e. The van der Waals surface area contributed by atoms with Crippen LogP contribution in [-0.2, 0) is 33.4 Å². The minimum Gasteiger partial charge on any atom is -0.462 e. The maximum absolute atomic E-state index is 12.1. The molecule has 3 rings (SSSR count). The van der Waals surface area contributed by atoms with Crippen LogP contribution in [0.3, 0.4) is 0 Å². The van der Waals surface area contributed by atoms with Crippen molar-refractivity contribution < 1.29 is 33.4 Å². The lowest BCUT2D eigenvalue weighted by atomic mass is 9.88. The van der Waals surface area contributed by atoms with Gasteiger partial charge in [-0.1, -0.05) is 13.8 Å². The fourth-order valence-corrected chi connectivity index (χ4v) is 4.34. The second kappa shape index (κ2) is 8.27. The average molecular weight is 381 g/mol. The molecule has 0 aromatic rings. The highest BCUT2D eigenvalue weighted by molar-refractivity contribution is 5.83. The molecule has 8 nitrogen and oxygen atoms in total. The van der Waals surface area contributed by atoms with Crippen LogP contribution in [0.2, 0.25) is 0 Å². The van der Waals surface area contributed by atoms with E-state index in [1.165, 1.54) is 0 Å². The molecule has 3 fully saturated rings. The molecule has 150 valence electrons. The van der Waals surface area contributed by atoms with Crippen molar-refractivity contribution in [3.05, 3.63) is 0 Å². The predicted molar refractivity (Wildman–Crippen MR) is 92.1 cm³/mol. The third kappa shape index (κ3) is 4.25. The van der Waals surface area contributed by atoms with Gasteiger partial charge in [-0.05, 0) is 31.1 Å². The number of amides is 1. The van der Waals surface area contributed by atoms with Gasteiger partial charge in [-0.25, -0.2) is 0 Å². The minimum atomic E-state index is -0.534. The minimum absolute atomic E-state index is 0.00699. The van der Waals surface area contributed by atoms with Gasteiger partial charge in [0.05, 0.1) is 24.8 Å². The maximum Gasteiger partial charge on any atom is 0.308 e. The topological polar surface area (TPSA) is 108 Å². The van der Waals surface area contributed by atoms with Crippen LogP contribution in [0.25, 0.3) is 0 Å². The Morgan fingerprint density at radius 1 is 1.11 bits per heavy atom. The predicted octanol–water partition coefficient (Wildman–Crippen LogP) is 0.965. The monoisotopic (exact) mass is 381 g/mol. The van der Waals surface area contributed by atoms with Crippen molar-refractivity contribution in [1.29, 1.82) is 0 Å². The number of esters is 3. The summed E-state index contributed by atoms with van der Waals surface area (Å²) in [6, 6.07) is -0.0719. The fourth-order valence-electron chi connectivity index (χ4n) is 4.34. The highest BCUT2D eigenvalue weighted by atomic mass is 16.6. The number of carbonyl (C=O) groups is 4. The largest absolute Gasteiger partial charge is 0.462 e. The van der Waals surface area contributed by atoms with E-state index in [4.69, 9.17) is 14.2 Å². The third-order valence-corrected chi connectivity index (χ3v) is 5.98. The van der Waals surface area contributed by atoms with Crippen molar-refractivity contribution in [3.8, 4) is 0 Å². The Morgan fingerprint density at radius 2 is 1.81 bits per heavy atom. The van der Waals surface area contributed by atoms with Crippen molar-refractivity contribution in [2.45, 2.75) is 58.1 Å². The number of fused-ring (bicyclic) bond motifs is 1. The number of carbonyl (C=O) groups excluding carboxylic acids is 4. The van der Waals surface area contributed by atoms with E-state index < -0.39 is 11.9 Å². The first-order valence-electron chi connectivity index (χ1n) is 9.72. The zero-order valence-corrected chi connectivity index (χ0v) is 15.8. The number of nitrogens with one attached hydrogen (secondary N) is 1. The van der Waals surface area contributed by atoms with Crippen molar-refractivity contribution in [1.82, 2.24) is 5.32 Å². The summed E-state index contributed by atoms with van der Waals surface area (Å²) in [5.41, 5.74) is 0. The Labute approximate surface area is 158 Å². The van der Waals surface area contributed by atoms with Crippen LogP contribution in [0, 0.1) is 23.7 Å². The van der Waals surface area contributed by atoms with Crippen LogP contribution in [0.5, 0.6) is 0 Å². The van der Waals surface area contributed by atoms with Crippen LogP contribution in [-0.4, -0.2) is 49.2 Å². The zero-order valence-electron chi connectivity index (χ0n) is 15.8. The summed E-state index contributed by atoms with van der Waals surface area (Å²) in [6.45, 7) is 3.64. The van der Waals surface area contributed by atoms with Gasteiger partial charge < -0.3 is 19.5 Å². The molecule has 0 aromatic carbocycles. The molecular weight excluding hydrogens is 354 g/mol.